The molecule has 0 aliphatic rings. The van der Waals surface area contributed by atoms with Crippen molar-refractivity contribution < 1.29 is 4.84 Å². The summed E-state index contributed by atoms with van der Waals surface area (Å²) in [5, 5.41) is 3.20. The molecule has 0 aliphatic heterocycles. The fourth-order valence-electron chi connectivity index (χ4n) is 0.974. The van der Waals surface area contributed by atoms with Crippen molar-refractivity contribution in [3.05, 3.63) is 23.6 Å². The topological polar surface area (TPSA) is 59.3 Å². The van der Waals surface area contributed by atoms with Gasteiger partial charge < -0.3 is 15.9 Å². The van der Waals surface area contributed by atoms with Crippen LogP contribution in [0.1, 0.15) is 27.7 Å². The number of nitrogens with one attached hydrogen (secondary N) is 2. The molecule has 0 fully saturated rings. The maximum Gasteiger partial charge on any atom is 0.119 e. The Morgan fingerprint density at radius 3 is 2.40 bits per heavy atom. The molecule has 0 aliphatic carbocycles. The maximum absolute atomic E-state index is 5.94. The van der Waals surface area contributed by atoms with Crippen LogP contribution in [-0.2, 0) is 4.84 Å². The van der Waals surface area contributed by atoms with Crippen molar-refractivity contribution in [3.8, 4) is 0 Å². The van der Waals surface area contributed by atoms with Crippen LogP contribution in [0.15, 0.2) is 23.6 Å². The van der Waals surface area contributed by atoms with Crippen LogP contribution in [0, 0.1) is 0 Å². The second-order valence-corrected chi connectivity index (χ2v) is 3.82. The van der Waals surface area contributed by atoms with Gasteiger partial charge in [0.05, 0.1) is 0 Å². The van der Waals surface area contributed by atoms with E-state index in [-0.39, 0.29) is 6.04 Å². The average molecular weight is 213 g/mol. The molecule has 88 valence electrons. The van der Waals surface area contributed by atoms with Crippen molar-refractivity contribution in [3.63, 3.8) is 0 Å². The van der Waals surface area contributed by atoms with Crippen LogP contribution in [-0.4, -0.2) is 19.1 Å². The van der Waals surface area contributed by atoms with E-state index in [9.17, 15) is 0 Å². The minimum absolute atomic E-state index is 0.121. The lowest BCUT2D eigenvalue weighted by Gasteiger charge is -2.12. The van der Waals surface area contributed by atoms with E-state index in [2.05, 4.69) is 24.6 Å². The van der Waals surface area contributed by atoms with E-state index >= 15 is 0 Å². The zero-order valence-corrected chi connectivity index (χ0v) is 10.3. The third-order valence-corrected chi connectivity index (χ3v) is 1.85. The van der Waals surface area contributed by atoms with Crippen molar-refractivity contribution in [2.45, 2.75) is 39.8 Å². The largest absolute Gasteiger partial charge is 0.414 e. The summed E-state index contributed by atoms with van der Waals surface area (Å²) < 4.78 is 0. The van der Waals surface area contributed by atoms with Gasteiger partial charge in [-0.2, -0.15) is 5.48 Å². The molecule has 0 spiro atoms. The molecule has 4 nitrogen and oxygen atoms in total. The quantitative estimate of drug-likeness (QED) is 0.459. The summed E-state index contributed by atoms with van der Waals surface area (Å²) in [6.45, 7) is 8.02. The first kappa shape index (κ1) is 14.0. The molecular weight excluding hydrogens is 190 g/mol. The molecule has 0 amide bonds. The number of hydrogen-bond acceptors (Lipinski definition) is 4. The van der Waals surface area contributed by atoms with E-state index in [1.807, 2.05) is 26.1 Å². The number of hydroxylamine groups is 1. The molecule has 1 unspecified atom stereocenters. The van der Waals surface area contributed by atoms with Crippen LogP contribution >= 0.6 is 0 Å². The van der Waals surface area contributed by atoms with Gasteiger partial charge in [0.2, 0.25) is 0 Å². The minimum atomic E-state index is -0.121. The van der Waals surface area contributed by atoms with Crippen LogP contribution in [0.25, 0.3) is 0 Å². The van der Waals surface area contributed by atoms with E-state index in [0.717, 1.165) is 11.3 Å². The average Bonchev–Trinajstić information content (AvgIpc) is 2.14. The molecule has 15 heavy (non-hydrogen) atoms. The number of hydrogen-bond donors (Lipinski definition) is 3. The van der Waals surface area contributed by atoms with E-state index in [1.54, 1.807) is 7.05 Å². The third kappa shape index (κ3) is 6.99. The van der Waals surface area contributed by atoms with Gasteiger partial charge in [0.1, 0.15) is 5.76 Å². The van der Waals surface area contributed by atoms with Crippen molar-refractivity contribution in [2.24, 2.45) is 5.73 Å². The fourth-order valence-corrected chi connectivity index (χ4v) is 0.974. The molecule has 0 aromatic rings. The molecule has 0 saturated carbocycles. The van der Waals surface area contributed by atoms with Gasteiger partial charge in [-0.15, -0.1) is 0 Å². The second kappa shape index (κ2) is 7.31. The first-order chi connectivity index (χ1) is 6.97. The van der Waals surface area contributed by atoms with Gasteiger partial charge >= 0.3 is 0 Å². The molecule has 0 aromatic heterocycles. The van der Waals surface area contributed by atoms with Crippen LogP contribution in [0.4, 0.5) is 0 Å². The van der Waals surface area contributed by atoms with Crippen LogP contribution in [0.2, 0.25) is 0 Å². The molecular formula is C11H23N3O. The third-order valence-electron chi connectivity index (χ3n) is 1.85. The number of nitrogens with two attached hydrogens (primary N) is 1. The Morgan fingerprint density at radius 2 is 1.93 bits per heavy atom. The molecule has 0 aromatic carbocycles. The molecule has 1 atom stereocenters. The summed E-state index contributed by atoms with van der Waals surface area (Å²) in [5.41, 5.74) is 9.62. The lowest BCUT2D eigenvalue weighted by atomic mass is 10.1. The summed E-state index contributed by atoms with van der Waals surface area (Å²) >= 11 is 0. The highest BCUT2D eigenvalue weighted by atomic mass is 16.6. The zero-order valence-electron chi connectivity index (χ0n) is 10.3. The number of rotatable bonds is 6. The summed E-state index contributed by atoms with van der Waals surface area (Å²) in [6.07, 6.45) is 3.81. The molecule has 4 N–H and O–H groups in total. The van der Waals surface area contributed by atoms with Gasteiger partial charge in [-0.1, -0.05) is 0 Å². The first-order valence-corrected chi connectivity index (χ1v) is 5.17. The predicted octanol–water partition coefficient (Wildman–Crippen LogP) is 1.27. The van der Waals surface area contributed by atoms with Crippen LogP contribution in [0.5, 0.6) is 0 Å². The molecule has 4 heteroatoms. The van der Waals surface area contributed by atoms with Crippen molar-refractivity contribution in [1.29, 1.82) is 0 Å². The Morgan fingerprint density at radius 1 is 1.33 bits per heavy atom. The highest BCUT2D eigenvalue weighted by molar-refractivity contribution is 5.15. The van der Waals surface area contributed by atoms with Gasteiger partial charge in [0, 0.05) is 19.1 Å². The maximum atomic E-state index is 5.94. The monoisotopic (exact) mass is 213 g/mol. The normalized spacial score (nSPS) is 15.4. The Bertz CT molecular complexity index is 234. The molecule has 0 heterocycles. The molecule has 0 bridgehead atoms. The summed E-state index contributed by atoms with van der Waals surface area (Å²) in [4.78, 5) is 5.07. The van der Waals surface area contributed by atoms with E-state index in [4.69, 9.17) is 10.6 Å². The lowest BCUT2D eigenvalue weighted by molar-refractivity contribution is 0.127. The molecule has 0 rings (SSSR count). The second-order valence-electron chi connectivity index (χ2n) is 3.82. The summed E-state index contributed by atoms with van der Waals surface area (Å²) in [5.74, 6) is 0.766. The van der Waals surface area contributed by atoms with Gasteiger partial charge in [-0.25, -0.2) is 0 Å². The SMILES string of the molecule is CNO/C(C)=C/C(N)/C(C)=C/NC(C)C. The molecule has 0 saturated heterocycles. The predicted molar refractivity (Wildman–Crippen MR) is 63.9 cm³/mol. The van der Waals surface area contributed by atoms with Crippen molar-refractivity contribution >= 4 is 0 Å². The Balaban J connectivity index is 4.24. The van der Waals surface area contributed by atoms with Crippen LogP contribution < -0.4 is 16.5 Å². The fraction of sp³-hybridized carbons (Fsp3) is 0.636. The summed E-state index contributed by atoms with van der Waals surface area (Å²) in [7, 11) is 1.71. The standard InChI is InChI=1S/C11H23N3O/c1-8(2)14-7-9(3)11(12)6-10(4)15-13-5/h6-8,11,13-14H,12H2,1-5H3/b9-7+,10-6+. The smallest absolute Gasteiger partial charge is 0.119 e. The van der Waals surface area contributed by atoms with Crippen molar-refractivity contribution in [2.75, 3.05) is 7.05 Å². The first-order valence-electron chi connectivity index (χ1n) is 5.17. The number of allylic oxidation sites excluding steroid dienone is 1. The van der Waals surface area contributed by atoms with Gasteiger partial charge in [-0.3, -0.25) is 0 Å². The summed E-state index contributed by atoms with van der Waals surface area (Å²) in [6, 6.07) is 0.301. The van der Waals surface area contributed by atoms with Gasteiger partial charge in [0.25, 0.3) is 0 Å². The van der Waals surface area contributed by atoms with E-state index < -0.39 is 0 Å². The minimum Gasteiger partial charge on any atom is -0.414 e. The molecule has 0 radical (unpaired) electrons. The van der Waals surface area contributed by atoms with E-state index in [0.29, 0.717) is 6.04 Å². The highest BCUT2D eigenvalue weighted by Crippen LogP contribution is 2.03. The Kier molecular flexibility index (Phi) is 6.83. The van der Waals surface area contributed by atoms with Crippen molar-refractivity contribution in [1.82, 2.24) is 10.8 Å². The van der Waals surface area contributed by atoms with Gasteiger partial charge in [-0.05, 0) is 45.5 Å². The van der Waals surface area contributed by atoms with Crippen LogP contribution in [0.3, 0.4) is 0 Å². The zero-order chi connectivity index (χ0) is 11.8. The Hall–Kier alpha value is -1.00. The van der Waals surface area contributed by atoms with E-state index in [1.165, 1.54) is 0 Å². The van der Waals surface area contributed by atoms with Gasteiger partial charge in [0.15, 0.2) is 0 Å². The highest BCUT2D eigenvalue weighted by Gasteiger charge is 2.02. The Labute approximate surface area is 92.5 Å². The lowest BCUT2D eigenvalue weighted by Crippen LogP contribution is -2.23.